The second-order valence-electron chi connectivity index (χ2n) is 10.7. The van der Waals surface area contributed by atoms with Crippen molar-refractivity contribution in [2.24, 2.45) is 0 Å². The topological polar surface area (TPSA) is 88.8 Å². The van der Waals surface area contributed by atoms with Gasteiger partial charge in [0.15, 0.2) is 5.54 Å². The maximum absolute atomic E-state index is 13.8. The number of amides is 4. The van der Waals surface area contributed by atoms with Crippen molar-refractivity contribution in [1.29, 1.82) is 0 Å². The van der Waals surface area contributed by atoms with Crippen molar-refractivity contribution in [1.82, 2.24) is 25.0 Å². The monoisotopic (exact) mass is 499 g/mol. The maximum atomic E-state index is 13.8. The number of imide groups is 1. The summed E-state index contributed by atoms with van der Waals surface area (Å²) in [5, 5.41) is 4.20. The van der Waals surface area contributed by atoms with Gasteiger partial charge in [0.25, 0.3) is 5.91 Å². The second-order valence-corrected chi connectivity index (χ2v) is 10.7. The molecule has 192 valence electrons. The minimum atomic E-state index is -1.14. The van der Waals surface area contributed by atoms with E-state index in [1.54, 1.807) is 18.7 Å². The van der Waals surface area contributed by atoms with Crippen LogP contribution in [0.15, 0.2) is 54.6 Å². The van der Waals surface area contributed by atoms with Crippen molar-refractivity contribution in [2.75, 3.05) is 19.6 Å². The highest BCUT2D eigenvalue weighted by atomic mass is 16.2. The molecular formula is C29H33N5O3. The quantitative estimate of drug-likeness (QED) is 0.527. The molecule has 3 aliphatic rings. The molecule has 0 spiro atoms. The molecule has 0 bridgehead atoms. The molecule has 3 aliphatic heterocycles. The van der Waals surface area contributed by atoms with Crippen molar-refractivity contribution in [3.8, 4) is 0 Å². The molecule has 1 aromatic heterocycles. The maximum Gasteiger partial charge on any atom is 0.328 e. The number of urea groups is 1. The summed E-state index contributed by atoms with van der Waals surface area (Å²) >= 11 is 0. The normalized spacial score (nSPS) is 23.3. The third kappa shape index (κ3) is 3.82. The number of para-hydroxylation sites is 1. The number of piperidine rings is 1. The minimum Gasteiger partial charge on any atom is -0.356 e. The van der Waals surface area contributed by atoms with Gasteiger partial charge in [-0.05, 0) is 50.3 Å². The molecular weight excluding hydrogens is 466 g/mol. The zero-order valence-corrected chi connectivity index (χ0v) is 21.4. The number of H-pyrrole nitrogens is 1. The average Bonchev–Trinajstić information content (AvgIpc) is 3.39. The van der Waals surface area contributed by atoms with E-state index >= 15 is 0 Å². The molecule has 37 heavy (non-hydrogen) atoms. The van der Waals surface area contributed by atoms with Gasteiger partial charge in [0.05, 0.1) is 5.69 Å². The van der Waals surface area contributed by atoms with Crippen LogP contribution in [0.4, 0.5) is 4.79 Å². The zero-order valence-electron chi connectivity index (χ0n) is 21.4. The number of nitrogens with zero attached hydrogens (tertiary/aromatic N) is 3. The fourth-order valence-electron chi connectivity index (χ4n) is 6.28. The first-order valence-corrected chi connectivity index (χ1v) is 13.2. The Labute approximate surface area is 216 Å². The Morgan fingerprint density at radius 2 is 1.76 bits per heavy atom. The van der Waals surface area contributed by atoms with E-state index in [1.165, 1.54) is 10.5 Å². The van der Waals surface area contributed by atoms with Crippen LogP contribution in [0, 0.1) is 0 Å². The number of aromatic nitrogens is 1. The number of carbonyl (C=O) groups is 3. The van der Waals surface area contributed by atoms with Gasteiger partial charge < -0.3 is 15.2 Å². The number of carbonyl (C=O) groups excluding carboxylic acids is 3. The summed E-state index contributed by atoms with van der Waals surface area (Å²) in [4.78, 5) is 49.1. The molecule has 6 rings (SSSR count). The van der Waals surface area contributed by atoms with Crippen molar-refractivity contribution in [3.63, 3.8) is 0 Å². The molecule has 0 radical (unpaired) electrons. The first kappa shape index (κ1) is 23.7. The van der Waals surface area contributed by atoms with Crippen molar-refractivity contribution in [2.45, 2.75) is 57.3 Å². The lowest BCUT2D eigenvalue weighted by Gasteiger charge is -2.36. The van der Waals surface area contributed by atoms with E-state index in [9.17, 15) is 14.4 Å². The Morgan fingerprint density at radius 3 is 2.51 bits per heavy atom. The summed E-state index contributed by atoms with van der Waals surface area (Å²) in [7, 11) is 0. The van der Waals surface area contributed by atoms with Gasteiger partial charge in [-0.2, -0.15) is 0 Å². The first-order valence-electron chi connectivity index (χ1n) is 13.2. The molecule has 2 atom stereocenters. The highest BCUT2D eigenvalue weighted by Gasteiger charge is 2.60. The van der Waals surface area contributed by atoms with Gasteiger partial charge >= 0.3 is 6.03 Å². The fraction of sp³-hybridized carbons (Fsp3) is 0.414. The molecule has 0 aliphatic carbocycles. The van der Waals surface area contributed by atoms with Crippen LogP contribution in [0.1, 0.15) is 43.5 Å². The predicted octanol–water partition coefficient (Wildman–Crippen LogP) is 3.37. The van der Waals surface area contributed by atoms with E-state index in [4.69, 9.17) is 0 Å². The van der Waals surface area contributed by atoms with Crippen molar-refractivity contribution < 1.29 is 14.4 Å². The van der Waals surface area contributed by atoms with Crippen LogP contribution >= 0.6 is 0 Å². The molecule has 3 aromatic rings. The van der Waals surface area contributed by atoms with Crippen LogP contribution in [0.3, 0.4) is 0 Å². The van der Waals surface area contributed by atoms with Gasteiger partial charge in [0.2, 0.25) is 5.91 Å². The van der Waals surface area contributed by atoms with Gasteiger partial charge in [-0.1, -0.05) is 48.5 Å². The van der Waals surface area contributed by atoms with Crippen LogP contribution in [0.2, 0.25) is 0 Å². The summed E-state index contributed by atoms with van der Waals surface area (Å²) in [6.45, 7) is 6.59. The third-order valence-electron chi connectivity index (χ3n) is 8.45. The molecule has 0 saturated carbocycles. The van der Waals surface area contributed by atoms with E-state index in [0.717, 1.165) is 54.6 Å². The van der Waals surface area contributed by atoms with Crippen LogP contribution in [-0.4, -0.2) is 69.2 Å². The van der Waals surface area contributed by atoms with Gasteiger partial charge in [-0.25, -0.2) is 9.69 Å². The van der Waals surface area contributed by atoms with Crippen LogP contribution in [-0.2, 0) is 28.1 Å². The van der Waals surface area contributed by atoms with Gasteiger partial charge in [0, 0.05) is 43.1 Å². The van der Waals surface area contributed by atoms with E-state index in [0.29, 0.717) is 13.0 Å². The standard InChI is InChI=1S/C29H33N5O3/c1-19(26(35)30-21-12-15-32(16-13-21)18-20-8-4-3-5-9-20)34-27(36)29(2)25-23(14-17-33(29)28(34)37)22-10-6-7-11-24(22)31-25/h3-11,19,21,31H,12-18H2,1-2H3,(H,30,35)/t19-,29-/m0/s1. The van der Waals surface area contributed by atoms with Gasteiger partial charge in [-0.3, -0.25) is 14.5 Å². The van der Waals surface area contributed by atoms with Crippen molar-refractivity contribution in [3.05, 3.63) is 71.4 Å². The largest absolute Gasteiger partial charge is 0.356 e. The summed E-state index contributed by atoms with van der Waals surface area (Å²) in [5.74, 6) is -0.617. The zero-order chi connectivity index (χ0) is 25.7. The lowest BCUT2D eigenvalue weighted by molar-refractivity contribution is -0.139. The molecule has 4 amide bonds. The Morgan fingerprint density at radius 1 is 1.05 bits per heavy atom. The summed E-state index contributed by atoms with van der Waals surface area (Å²) in [6, 6.07) is 17.1. The van der Waals surface area contributed by atoms with Crippen molar-refractivity contribution >= 4 is 28.7 Å². The van der Waals surface area contributed by atoms with Gasteiger partial charge in [0.1, 0.15) is 6.04 Å². The number of benzene rings is 2. The molecule has 2 saturated heterocycles. The Hall–Kier alpha value is -3.65. The molecule has 2 aromatic carbocycles. The highest BCUT2D eigenvalue weighted by Crippen LogP contribution is 2.44. The average molecular weight is 500 g/mol. The Balaban J connectivity index is 1.14. The Bertz CT molecular complexity index is 1360. The predicted molar refractivity (Wildman–Crippen MR) is 141 cm³/mol. The van der Waals surface area contributed by atoms with E-state index in [1.807, 2.05) is 30.3 Å². The van der Waals surface area contributed by atoms with Crippen LogP contribution in [0.25, 0.3) is 10.9 Å². The molecule has 2 fully saturated rings. The number of rotatable bonds is 5. The third-order valence-corrected chi connectivity index (χ3v) is 8.45. The fourth-order valence-corrected chi connectivity index (χ4v) is 6.28. The molecule has 8 nitrogen and oxygen atoms in total. The van der Waals surface area contributed by atoms with E-state index in [-0.39, 0.29) is 17.9 Å². The van der Waals surface area contributed by atoms with Gasteiger partial charge in [-0.15, -0.1) is 0 Å². The molecule has 2 N–H and O–H groups in total. The van der Waals surface area contributed by atoms with Crippen LogP contribution in [0.5, 0.6) is 0 Å². The number of likely N-dealkylation sites (tertiary alicyclic amines) is 1. The molecule has 4 heterocycles. The Kier molecular flexibility index (Phi) is 5.79. The summed E-state index contributed by atoms with van der Waals surface area (Å²) < 4.78 is 0. The molecule has 0 unspecified atom stereocenters. The second kappa shape index (κ2) is 9.03. The number of hydrogen-bond acceptors (Lipinski definition) is 4. The number of fused-ring (bicyclic) bond motifs is 5. The van der Waals surface area contributed by atoms with Crippen LogP contribution < -0.4 is 5.32 Å². The number of hydrogen-bond donors (Lipinski definition) is 2. The number of aromatic amines is 1. The summed E-state index contributed by atoms with van der Waals surface area (Å²) in [5.41, 5.74) is 2.95. The lowest BCUT2D eigenvalue weighted by Crippen LogP contribution is -2.53. The van der Waals surface area contributed by atoms with E-state index in [2.05, 4.69) is 39.5 Å². The minimum absolute atomic E-state index is 0.0354. The molecule has 8 heteroatoms. The SMILES string of the molecule is C[C@@H](C(=O)NC1CCN(Cc2ccccc2)CC1)N1C(=O)N2CCc3c([nH]c4ccccc34)[C@@]2(C)C1=O. The smallest absolute Gasteiger partial charge is 0.328 e. The lowest BCUT2D eigenvalue weighted by atomic mass is 9.87. The highest BCUT2D eigenvalue weighted by molar-refractivity contribution is 6.11. The number of nitrogens with one attached hydrogen (secondary N) is 2. The van der Waals surface area contributed by atoms with E-state index < -0.39 is 17.6 Å². The first-order chi connectivity index (χ1) is 17.9. The summed E-state index contributed by atoms with van der Waals surface area (Å²) in [6.07, 6.45) is 2.36.